The number of aromatic nitrogens is 3. The molecule has 27 heavy (non-hydrogen) atoms. The van der Waals surface area contributed by atoms with Gasteiger partial charge in [0.2, 0.25) is 0 Å². The lowest BCUT2D eigenvalue weighted by Gasteiger charge is -2.19. The van der Waals surface area contributed by atoms with Crippen molar-refractivity contribution >= 4 is 22.8 Å². The first-order valence-electron chi connectivity index (χ1n) is 8.66. The molecule has 2 aromatic heterocycles. The molecule has 134 valence electrons. The number of benzene rings is 2. The highest BCUT2D eigenvalue weighted by molar-refractivity contribution is 5.89. The summed E-state index contributed by atoms with van der Waals surface area (Å²) in [5, 5.41) is 5.85. The summed E-state index contributed by atoms with van der Waals surface area (Å²) in [7, 11) is 1.96. The lowest BCUT2D eigenvalue weighted by atomic mass is 10.1. The molecule has 0 radical (unpaired) electrons. The van der Waals surface area contributed by atoms with Gasteiger partial charge >= 0.3 is 6.03 Å². The fourth-order valence-corrected chi connectivity index (χ4v) is 3.10. The number of urea groups is 1. The molecule has 2 heterocycles. The molecule has 0 bridgehead atoms. The number of pyridine rings is 1. The van der Waals surface area contributed by atoms with Crippen molar-refractivity contribution in [3.05, 3.63) is 90.5 Å². The summed E-state index contributed by atoms with van der Waals surface area (Å²) in [6.07, 6.45) is 3.27. The lowest BCUT2D eigenvalue weighted by Crippen LogP contribution is -2.34. The van der Waals surface area contributed by atoms with Crippen LogP contribution in [-0.4, -0.2) is 20.6 Å². The number of amides is 2. The van der Waals surface area contributed by atoms with Crippen molar-refractivity contribution in [3.8, 4) is 0 Å². The first-order valence-corrected chi connectivity index (χ1v) is 8.66. The Morgan fingerprint density at radius 1 is 1.00 bits per heavy atom. The van der Waals surface area contributed by atoms with Crippen LogP contribution in [-0.2, 0) is 7.05 Å². The fourth-order valence-electron chi connectivity index (χ4n) is 3.10. The molecule has 0 unspecified atom stereocenters. The number of rotatable bonds is 4. The molecular weight excluding hydrogens is 338 g/mol. The Morgan fingerprint density at radius 3 is 2.52 bits per heavy atom. The number of carbonyl (C=O) groups excluding carboxylic acids is 1. The van der Waals surface area contributed by atoms with E-state index in [9.17, 15) is 4.79 Å². The normalized spacial score (nSPS) is 11.9. The Kier molecular flexibility index (Phi) is 4.53. The summed E-state index contributed by atoms with van der Waals surface area (Å²) in [5.74, 6) is 0.767. The minimum Gasteiger partial charge on any atom is -0.329 e. The first kappa shape index (κ1) is 16.8. The van der Waals surface area contributed by atoms with Gasteiger partial charge in [0.25, 0.3) is 0 Å². The highest BCUT2D eigenvalue weighted by Gasteiger charge is 2.22. The molecule has 0 saturated heterocycles. The average molecular weight is 357 g/mol. The highest BCUT2D eigenvalue weighted by Crippen LogP contribution is 2.25. The topological polar surface area (TPSA) is 71.8 Å². The van der Waals surface area contributed by atoms with Crippen LogP contribution in [0.15, 0.2) is 79.1 Å². The second kappa shape index (κ2) is 7.29. The van der Waals surface area contributed by atoms with E-state index in [4.69, 9.17) is 4.98 Å². The SMILES string of the molecule is Cn1c([C@H](NC(=O)Nc2cccnc2)c2ccccc2)nc2ccccc21. The van der Waals surface area contributed by atoms with Crippen LogP contribution in [0.1, 0.15) is 17.4 Å². The predicted octanol–water partition coefficient (Wildman–Crippen LogP) is 3.88. The van der Waals surface area contributed by atoms with Crippen LogP contribution in [0.25, 0.3) is 11.0 Å². The number of aryl methyl sites for hydroxylation is 1. The summed E-state index contributed by atoms with van der Waals surface area (Å²) >= 11 is 0. The summed E-state index contributed by atoms with van der Waals surface area (Å²) in [5.41, 5.74) is 3.50. The standard InChI is InChI=1S/C21H19N5O/c1-26-18-12-6-5-11-17(18)24-20(26)19(15-8-3-2-4-9-15)25-21(27)23-16-10-7-13-22-14-16/h2-14,19H,1H3,(H2,23,25,27)/t19-/m1/s1. The Hall–Kier alpha value is -3.67. The van der Waals surface area contributed by atoms with Crippen LogP contribution in [0.3, 0.4) is 0 Å². The van der Waals surface area contributed by atoms with Crippen molar-refractivity contribution < 1.29 is 4.79 Å². The van der Waals surface area contributed by atoms with Gasteiger partial charge in [-0.15, -0.1) is 0 Å². The van der Waals surface area contributed by atoms with Crippen molar-refractivity contribution in [1.82, 2.24) is 19.9 Å². The number of nitrogens with one attached hydrogen (secondary N) is 2. The number of hydrogen-bond acceptors (Lipinski definition) is 3. The Labute approximate surface area is 156 Å². The quantitative estimate of drug-likeness (QED) is 0.582. The molecule has 0 fully saturated rings. The van der Waals surface area contributed by atoms with Crippen LogP contribution in [0, 0.1) is 0 Å². The largest absolute Gasteiger partial charge is 0.329 e. The molecule has 0 spiro atoms. The highest BCUT2D eigenvalue weighted by atomic mass is 16.2. The third-order valence-electron chi connectivity index (χ3n) is 4.41. The molecule has 2 amide bonds. The van der Waals surface area contributed by atoms with Gasteiger partial charge in [0.05, 0.1) is 22.9 Å². The molecule has 4 aromatic rings. The number of imidazole rings is 1. The monoisotopic (exact) mass is 357 g/mol. The van der Waals surface area contributed by atoms with Crippen molar-refractivity contribution in [2.75, 3.05) is 5.32 Å². The second-order valence-electron chi connectivity index (χ2n) is 6.20. The van der Waals surface area contributed by atoms with E-state index in [0.29, 0.717) is 5.69 Å². The van der Waals surface area contributed by atoms with E-state index in [-0.39, 0.29) is 12.1 Å². The molecule has 0 aliphatic rings. The third kappa shape index (κ3) is 3.50. The first-order chi connectivity index (χ1) is 13.2. The summed E-state index contributed by atoms with van der Waals surface area (Å²) in [4.78, 5) is 21.4. The summed E-state index contributed by atoms with van der Waals surface area (Å²) < 4.78 is 2.01. The lowest BCUT2D eigenvalue weighted by molar-refractivity contribution is 0.249. The molecule has 6 heteroatoms. The van der Waals surface area contributed by atoms with Crippen molar-refractivity contribution in [3.63, 3.8) is 0 Å². The zero-order valence-electron chi connectivity index (χ0n) is 14.8. The number of hydrogen-bond donors (Lipinski definition) is 2. The summed E-state index contributed by atoms with van der Waals surface area (Å²) in [6.45, 7) is 0. The maximum atomic E-state index is 12.6. The van der Waals surface area contributed by atoms with Gasteiger partial charge in [0, 0.05) is 13.2 Å². The summed E-state index contributed by atoms with van der Waals surface area (Å²) in [6, 6.07) is 20.6. The van der Waals surface area contributed by atoms with Gasteiger partial charge < -0.3 is 15.2 Å². The zero-order chi connectivity index (χ0) is 18.6. The number of fused-ring (bicyclic) bond motifs is 1. The van der Waals surface area contributed by atoms with Gasteiger partial charge in [0.15, 0.2) is 0 Å². The number of carbonyl (C=O) groups is 1. The number of para-hydroxylation sites is 2. The van der Waals surface area contributed by atoms with Gasteiger partial charge in [-0.1, -0.05) is 42.5 Å². The van der Waals surface area contributed by atoms with Gasteiger partial charge in [-0.2, -0.15) is 0 Å². The minimum atomic E-state index is -0.389. The Bertz CT molecular complexity index is 1060. The second-order valence-corrected chi connectivity index (χ2v) is 6.20. The van der Waals surface area contributed by atoms with Crippen molar-refractivity contribution in [1.29, 1.82) is 0 Å². The van der Waals surface area contributed by atoms with E-state index in [1.165, 1.54) is 0 Å². The van der Waals surface area contributed by atoms with E-state index in [0.717, 1.165) is 22.4 Å². The molecule has 0 aliphatic carbocycles. The molecule has 2 N–H and O–H groups in total. The molecule has 6 nitrogen and oxygen atoms in total. The molecule has 2 aromatic carbocycles. The van der Waals surface area contributed by atoms with Crippen LogP contribution in [0.4, 0.5) is 10.5 Å². The van der Waals surface area contributed by atoms with Gasteiger partial charge in [-0.05, 0) is 29.8 Å². The molecule has 0 saturated carbocycles. The minimum absolute atomic E-state index is 0.316. The van der Waals surface area contributed by atoms with E-state index in [1.54, 1.807) is 24.5 Å². The van der Waals surface area contributed by atoms with E-state index < -0.39 is 0 Å². The molecular formula is C21H19N5O. The van der Waals surface area contributed by atoms with Gasteiger partial charge in [0.1, 0.15) is 11.9 Å². The van der Waals surface area contributed by atoms with E-state index in [1.807, 2.05) is 66.2 Å². The number of nitrogens with zero attached hydrogens (tertiary/aromatic N) is 3. The molecule has 4 rings (SSSR count). The van der Waals surface area contributed by atoms with E-state index in [2.05, 4.69) is 15.6 Å². The van der Waals surface area contributed by atoms with Gasteiger partial charge in [-0.3, -0.25) is 4.98 Å². The van der Waals surface area contributed by atoms with Crippen LogP contribution < -0.4 is 10.6 Å². The van der Waals surface area contributed by atoms with Crippen LogP contribution >= 0.6 is 0 Å². The van der Waals surface area contributed by atoms with E-state index >= 15 is 0 Å². The van der Waals surface area contributed by atoms with Crippen molar-refractivity contribution in [2.45, 2.75) is 6.04 Å². The maximum absolute atomic E-state index is 12.6. The molecule has 0 aliphatic heterocycles. The third-order valence-corrected chi connectivity index (χ3v) is 4.41. The Morgan fingerprint density at radius 2 is 1.78 bits per heavy atom. The number of anilines is 1. The van der Waals surface area contributed by atoms with Crippen LogP contribution in [0.2, 0.25) is 0 Å². The zero-order valence-corrected chi connectivity index (χ0v) is 14.8. The van der Waals surface area contributed by atoms with Gasteiger partial charge in [-0.25, -0.2) is 9.78 Å². The average Bonchev–Trinajstić information content (AvgIpc) is 3.04. The fraction of sp³-hybridized carbons (Fsp3) is 0.0952. The van der Waals surface area contributed by atoms with Crippen molar-refractivity contribution in [2.24, 2.45) is 7.05 Å². The molecule has 1 atom stereocenters. The maximum Gasteiger partial charge on any atom is 0.320 e. The van der Waals surface area contributed by atoms with Crippen LogP contribution in [0.5, 0.6) is 0 Å². The Balaban J connectivity index is 1.69. The smallest absolute Gasteiger partial charge is 0.320 e. The predicted molar refractivity (Wildman–Crippen MR) is 105 cm³/mol.